The maximum absolute atomic E-state index is 9.35. The predicted molar refractivity (Wildman–Crippen MR) is 87.0 cm³/mol. The lowest BCUT2D eigenvalue weighted by Gasteiger charge is -2.13. The van der Waals surface area contributed by atoms with Gasteiger partial charge in [-0.15, -0.1) is 0 Å². The third-order valence-corrected chi connectivity index (χ3v) is 3.70. The predicted octanol–water partition coefficient (Wildman–Crippen LogP) is 4.71. The van der Waals surface area contributed by atoms with E-state index in [4.69, 9.17) is 9.47 Å². The summed E-state index contributed by atoms with van der Waals surface area (Å²) in [7, 11) is 1.62. The molecule has 120 valence electrons. The highest BCUT2D eigenvalue weighted by atomic mass is 16.5. The van der Waals surface area contributed by atoms with E-state index in [0.29, 0.717) is 18.1 Å². The van der Waals surface area contributed by atoms with Crippen LogP contribution in [0.5, 0.6) is 11.5 Å². The molecule has 1 N–H and O–H groups in total. The van der Waals surface area contributed by atoms with Gasteiger partial charge in [0, 0.05) is 5.56 Å². The van der Waals surface area contributed by atoms with Crippen molar-refractivity contribution >= 4 is 0 Å². The van der Waals surface area contributed by atoms with Crippen LogP contribution in [-0.4, -0.2) is 18.8 Å². The van der Waals surface area contributed by atoms with Crippen LogP contribution in [-0.2, 0) is 6.61 Å². The minimum atomic E-state index is -0.0238. The molecule has 0 unspecified atom stereocenters. The highest BCUT2D eigenvalue weighted by Crippen LogP contribution is 2.31. The number of unbranched alkanes of at least 4 members (excludes halogenated alkanes) is 7. The lowest BCUT2D eigenvalue weighted by molar-refractivity contribution is 0.251. The molecule has 0 atom stereocenters. The summed E-state index contributed by atoms with van der Waals surface area (Å²) < 4.78 is 11.1. The Morgan fingerprint density at radius 2 is 1.62 bits per heavy atom. The monoisotopic (exact) mass is 294 g/mol. The Balaban J connectivity index is 2.20. The van der Waals surface area contributed by atoms with Crippen LogP contribution in [0.15, 0.2) is 18.2 Å². The van der Waals surface area contributed by atoms with E-state index in [2.05, 4.69) is 6.92 Å². The summed E-state index contributed by atoms with van der Waals surface area (Å²) in [6.07, 6.45) is 10.3. The molecule has 0 fully saturated rings. The fraction of sp³-hybridized carbons (Fsp3) is 0.667. The number of methoxy groups -OCH3 is 1. The van der Waals surface area contributed by atoms with Gasteiger partial charge in [-0.3, -0.25) is 0 Å². The summed E-state index contributed by atoms with van der Waals surface area (Å²) in [6, 6.07) is 5.60. The first-order chi connectivity index (χ1) is 10.3. The van der Waals surface area contributed by atoms with Crippen LogP contribution < -0.4 is 9.47 Å². The minimum absolute atomic E-state index is 0.0238. The SMILES string of the molecule is CCCCCCCCCCOc1c(CO)cccc1OC. The second-order valence-corrected chi connectivity index (χ2v) is 5.43. The van der Waals surface area contributed by atoms with Gasteiger partial charge in [0.15, 0.2) is 11.5 Å². The third kappa shape index (κ3) is 6.85. The van der Waals surface area contributed by atoms with Crippen LogP contribution in [0.1, 0.15) is 63.9 Å². The first kappa shape index (κ1) is 17.8. The van der Waals surface area contributed by atoms with E-state index < -0.39 is 0 Å². The molecule has 3 nitrogen and oxygen atoms in total. The molecule has 1 aromatic rings. The van der Waals surface area contributed by atoms with Gasteiger partial charge >= 0.3 is 0 Å². The van der Waals surface area contributed by atoms with Crippen molar-refractivity contribution in [2.75, 3.05) is 13.7 Å². The zero-order valence-electron chi connectivity index (χ0n) is 13.6. The first-order valence-electron chi connectivity index (χ1n) is 8.23. The molecular formula is C18H30O3. The van der Waals surface area contributed by atoms with Crippen molar-refractivity contribution in [1.29, 1.82) is 0 Å². The van der Waals surface area contributed by atoms with Gasteiger partial charge in [-0.05, 0) is 12.5 Å². The Morgan fingerprint density at radius 3 is 2.24 bits per heavy atom. The molecule has 0 aliphatic rings. The number of aliphatic hydroxyl groups is 1. The molecule has 0 aromatic heterocycles. The number of benzene rings is 1. The van der Waals surface area contributed by atoms with Crippen molar-refractivity contribution in [2.24, 2.45) is 0 Å². The van der Waals surface area contributed by atoms with E-state index in [0.717, 1.165) is 12.0 Å². The fourth-order valence-corrected chi connectivity index (χ4v) is 2.42. The number of rotatable bonds is 12. The van der Waals surface area contributed by atoms with Crippen LogP contribution >= 0.6 is 0 Å². The molecule has 1 aromatic carbocycles. The quantitative estimate of drug-likeness (QED) is 0.567. The van der Waals surface area contributed by atoms with Gasteiger partial charge in [0.2, 0.25) is 0 Å². The highest BCUT2D eigenvalue weighted by Gasteiger charge is 2.09. The summed E-state index contributed by atoms with van der Waals surface area (Å²) >= 11 is 0. The molecular weight excluding hydrogens is 264 g/mol. The van der Waals surface area contributed by atoms with Gasteiger partial charge in [0.05, 0.1) is 20.3 Å². The van der Waals surface area contributed by atoms with Crippen molar-refractivity contribution in [3.05, 3.63) is 23.8 Å². The van der Waals surface area contributed by atoms with E-state index >= 15 is 0 Å². The van der Waals surface area contributed by atoms with Crippen LogP contribution in [0.4, 0.5) is 0 Å². The smallest absolute Gasteiger partial charge is 0.166 e. The van der Waals surface area contributed by atoms with Gasteiger partial charge in [-0.1, -0.05) is 64.0 Å². The average molecular weight is 294 g/mol. The van der Waals surface area contributed by atoms with E-state index in [9.17, 15) is 5.11 Å². The van der Waals surface area contributed by atoms with Crippen molar-refractivity contribution in [3.63, 3.8) is 0 Å². The summed E-state index contributed by atoms with van der Waals surface area (Å²) in [5, 5.41) is 9.35. The van der Waals surface area contributed by atoms with Crippen LogP contribution in [0.2, 0.25) is 0 Å². The van der Waals surface area contributed by atoms with Gasteiger partial charge in [0.1, 0.15) is 0 Å². The van der Waals surface area contributed by atoms with E-state index in [-0.39, 0.29) is 6.61 Å². The number of hydrogen-bond donors (Lipinski definition) is 1. The number of aliphatic hydroxyl groups excluding tert-OH is 1. The third-order valence-electron chi connectivity index (χ3n) is 3.70. The first-order valence-corrected chi connectivity index (χ1v) is 8.23. The molecule has 0 aliphatic heterocycles. The van der Waals surface area contributed by atoms with Crippen molar-refractivity contribution in [2.45, 2.75) is 64.9 Å². The Labute approximate surface area is 129 Å². The zero-order valence-corrected chi connectivity index (χ0v) is 13.6. The maximum Gasteiger partial charge on any atom is 0.166 e. The van der Waals surface area contributed by atoms with E-state index in [1.165, 1.54) is 44.9 Å². The van der Waals surface area contributed by atoms with Crippen LogP contribution in [0.25, 0.3) is 0 Å². The molecule has 0 spiro atoms. The molecule has 0 bridgehead atoms. The summed E-state index contributed by atoms with van der Waals surface area (Å²) in [5.74, 6) is 1.38. The van der Waals surface area contributed by atoms with Gasteiger partial charge < -0.3 is 14.6 Å². The second-order valence-electron chi connectivity index (χ2n) is 5.43. The lowest BCUT2D eigenvalue weighted by atomic mass is 10.1. The molecule has 0 heterocycles. The molecule has 0 aliphatic carbocycles. The van der Waals surface area contributed by atoms with E-state index in [1.807, 2.05) is 18.2 Å². The number of hydrogen-bond acceptors (Lipinski definition) is 3. The molecule has 0 radical (unpaired) electrons. The standard InChI is InChI=1S/C18H30O3/c1-3-4-5-6-7-8-9-10-14-21-18-16(15-19)12-11-13-17(18)20-2/h11-13,19H,3-10,14-15H2,1-2H3. The Kier molecular flexibility index (Phi) is 9.71. The van der Waals surface area contributed by atoms with Gasteiger partial charge in [-0.2, -0.15) is 0 Å². The Bertz CT molecular complexity index is 354. The molecule has 21 heavy (non-hydrogen) atoms. The van der Waals surface area contributed by atoms with Gasteiger partial charge in [0.25, 0.3) is 0 Å². The summed E-state index contributed by atoms with van der Waals surface area (Å²) in [5.41, 5.74) is 0.786. The molecule has 0 saturated heterocycles. The largest absolute Gasteiger partial charge is 0.493 e. The number of ether oxygens (including phenoxy) is 2. The molecule has 3 heteroatoms. The second kappa shape index (κ2) is 11.4. The van der Waals surface area contributed by atoms with Crippen molar-refractivity contribution < 1.29 is 14.6 Å². The summed E-state index contributed by atoms with van der Waals surface area (Å²) in [4.78, 5) is 0. The molecule has 0 amide bonds. The zero-order chi connectivity index (χ0) is 15.3. The Morgan fingerprint density at radius 1 is 0.952 bits per heavy atom. The lowest BCUT2D eigenvalue weighted by Crippen LogP contribution is -2.02. The maximum atomic E-state index is 9.35. The van der Waals surface area contributed by atoms with E-state index in [1.54, 1.807) is 7.11 Å². The Hall–Kier alpha value is -1.22. The van der Waals surface area contributed by atoms with Crippen LogP contribution in [0.3, 0.4) is 0 Å². The van der Waals surface area contributed by atoms with Crippen molar-refractivity contribution in [1.82, 2.24) is 0 Å². The minimum Gasteiger partial charge on any atom is -0.493 e. The number of para-hydroxylation sites is 1. The normalized spacial score (nSPS) is 10.6. The molecule has 0 saturated carbocycles. The summed E-state index contributed by atoms with van der Waals surface area (Å²) in [6.45, 7) is 2.90. The van der Waals surface area contributed by atoms with Crippen molar-refractivity contribution in [3.8, 4) is 11.5 Å². The highest BCUT2D eigenvalue weighted by molar-refractivity contribution is 5.46. The fourth-order valence-electron chi connectivity index (χ4n) is 2.42. The molecule has 1 rings (SSSR count). The van der Waals surface area contributed by atoms with Crippen LogP contribution in [0, 0.1) is 0 Å². The topological polar surface area (TPSA) is 38.7 Å². The average Bonchev–Trinajstić information content (AvgIpc) is 2.53. The van der Waals surface area contributed by atoms with Gasteiger partial charge in [-0.25, -0.2) is 0 Å².